The zero-order valence-corrected chi connectivity index (χ0v) is 5.57. The highest BCUT2D eigenvalue weighted by Gasteiger charge is 1.85. The summed E-state index contributed by atoms with van der Waals surface area (Å²) in [6, 6.07) is 0. The maximum Gasteiger partial charge on any atom is -0.0282 e. The van der Waals surface area contributed by atoms with Crippen LogP contribution < -0.4 is 0 Å². The smallest absolute Gasteiger partial charge is 0.0282 e. The molecule has 0 heterocycles. The molecule has 0 N–H and O–H groups in total. The Morgan fingerprint density at radius 1 is 1.50 bits per heavy atom. The summed E-state index contributed by atoms with van der Waals surface area (Å²) in [6.45, 7) is 11.3. The molecule has 0 radical (unpaired) electrons. The van der Waals surface area contributed by atoms with E-state index in [1.165, 1.54) is 0 Å². The van der Waals surface area contributed by atoms with Gasteiger partial charge in [-0.05, 0) is 19.4 Å². The summed E-state index contributed by atoms with van der Waals surface area (Å²) in [4.78, 5) is 0. The molecule has 0 bridgehead atoms. The van der Waals surface area contributed by atoms with Crippen LogP contribution >= 0.6 is 0 Å². The first-order chi connectivity index (χ1) is 3.72. The lowest BCUT2D eigenvalue weighted by atomic mass is 10.1. The van der Waals surface area contributed by atoms with E-state index in [1.807, 2.05) is 26.0 Å². The van der Waals surface area contributed by atoms with Crippen LogP contribution in [0.4, 0.5) is 0 Å². The Balaban J connectivity index is 4.13. The van der Waals surface area contributed by atoms with Gasteiger partial charge in [-0.2, -0.15) is 0 Å². The Hall–Kier alpha value is -0.780. The minimum atomic E-state index is 1.07. The summed E-state index contributed by atoms with van der Waals surface area (Å²) in [5.41, 5.74) is 2.20. The SMILES string of the molecule is C=C/C(=C/C)C(=C)C. The first-order valence-electron chi connectivity index (χ1n) is 2.67. The topological polar surface area (TPSA) is 0 Å². The van der Waals surface area contributed by atoms with Crippen molar-refractivity contribution in [2.75, 3.05) is 0 Å². The predicted octanol–water partition coefficient (Wildman–Crippen LogP) is 2.69. The molecule has 0 aromatic carbocycles. The summed E-state index contributed by atoms with van der Waals surface area (Å²) in [7, 11) is 0. The predicted molar refractivity (Wildman–Crippen MR) is 38.8 cm³/mol. The maximum absolute atomic E-state index is 3.76. The highest BCUT2D eigenvalue weighted by Crippen LogP contribution is 2.05. The Morgan fingerprint density at radius 3 is 2.00 bits per heavy atom. The quantitative estimate of drug-likeness (QED) is 0.477. The van der Waals surface area contributed by atoms with Gasteiger partial charge < -0.3 is 0 Å². The van der Waals surface area contributed by atoms with E-state index in [1.54, 1.807) is 0 Å². The van der Waals surface area contributed by atoms with Gasteiger partial charge in [-0.15, -0.1) is 0 Å². The summed E-state index contributed by atoms with van der Waals surface area (Å²) in [5.74, 6) is 0. The monoisotopic (exact) mass is 108 g/mol. The Kier molecular flexibility index (Phi) is 2.93. The molecular formula is C8H12. The Morgan fingerprint density at radius 2 is 2.00 bits per heavy atom. The molecule has 0 aromatic rings. The molecule has 0 atom stereocenters. The molecule has 0 aromatic heterocycles. The molecule has 0 spiro atoms. The highest BCUT2D eigenvalue weighted by molar-refractivity contribution is 5.34. The molecule has 0 saturated heterocycles. The highest BCUT2D eigenvalue weighted by atomic mass is 13.9. The van der Waals surface area contributed by atoms with Gasteiger partial charge in [0.2, 0.25) is 0 Å². The summed E-state index contributed by atoms with van der Waals surface area (Å²) < 4.78 is 0. The van der Waals surface area contributed by atoms with Gasteiger partial charge in [-0.3, -0.25) is 0 Å². The van der Waals surface area contributed by atoms with Crippen LogP contribution in [0.2, 0.25) is 0 Å². The molecule has 0 aliphatic rings. The number of allylic oxidation sites excluding steroid dienone is 4. The number of hydrogen-bond acceptors (Lipinski definition) is 0. The van der Waals surface area contributed by atoms with Crippen LogP contribution in [0.25, 0.3) is 0 Å². The van der Waals surface area contributed by atoms with Gasteiger partial charge in [0.1, 0.15) is 0 Å². The molecule has 0 saturated carbocycles. The van der Waals surface area contributed by atoms with Crippen molar-refractivity contribution in [1.82, 2.24) is 0 Å². The van der Waals surface area contributed by atoms with Crippen LogP contribution in [0, 0.1) is 0 Å². The average Bonchev–Trinajstić information content (AvgIpc) is 1.69. The minimum Gasteiger partial charge on any atom is -0.0985 e. The molecule has 0 amide bonds. The number of hydrogen-bond donors (Lipinski definition) is 0. The van der Waals surface area contributed by atoms with Crippen LogP contribution in [-0.2, 0) is 0 Å². The zero-order valence-electron chi connectivity index (χ0n) is 5.57. The van der Waals surface area contributed by atoms with Crippen molar-refractivity contribution in [3.05, 3.63) is 36.5 Å². The van der Waals surface area contributed by atoms with Crippen LogP contribution in [0.15, 0.2) is 36.5 Å². The van der Waals surface area contributed by atoms with Crippen molar-refractivity contribution in [2.45, 2.75) is 13.8 Å². The normalized spacial score (nSPS) is 11.0. The lowest BCUT2D eigenvalue weighted by molar-refractivity contribution is 1.43. The van der Waals surface area contributed by atoms with Gasteiger partial charge >= 0.3 is 0 Å². The van der Waals surface area contributed by atoms with E-state index in [2.05, 4.69) is 13.2 Å². The second kappa shape index (κ2) is 3.25. The van der Waals surface area contributed by atoms with Crippen LogP contribution in [0.3, 0.4) is 0 Å². The molecule has 0 aliphatic carbocycles. The summed E-state index contributed by atoms with van der Waals surface area (Å²) in [6.07, 6.45) is 3.80. The van der Waals surface area contributed by atoms with E-state index in [0.29, 0.717) is 0 Å². The number of rotatable bonds is 2. The van der Waals surface area contributed by atoms with E-state index >= 15 is 0 Å². The van der Waals surface area contributed by atoms with Gasteiger partial charge in [0.25, 0.3) is 0 Å². The lowest BCUT2D eigenvalue weighted by Crippen LogP contribution is -1.74. The Bertz CT molecular complexity index is 127. The van der Waals surface area contributed by atoms with Crippen molar-refractivity contribution in [3.63, 3.8) is 0 Å². The van der Waals surface area contributed by atoms with Gasteiger partial charge in [-0.1, -0.05) is 30.9 Å². The van der Waals surface area contributed by atoms with E-state index < -0.39 is 0 Å². The fraction of sp³-hybridized carbons (Fsp3) is 0.250. The molecule has 0 heteroatoms. The van der Waals surface area contributed by atoms with Gasteiger partial charge in [0, 0.05) is 0 Å². The van der Waals surface area contributed by atoms with Crippen LogP contribution in [-0.4, -0.2) is 0 Å². The first-order valence-corrected chi connectivity index (χ1v) is 2.67. The second-order valence-electron chi connectivity index (χ2n) is 1.73. The minimum absolute atomic E-state index is 1.07. The van der Waals surface area contributed by atoms with E-state index in [0.717, 1.165) is 11.1 Å². The fourth-order valence-electron chi connectivity index (χ4n) is 0.538. The summed E-state index contributed by atoms with van der Waals surface area (Å²) in [5, 5.41) is 0. The third-order valence-corrected chi connectivity index (χ3v) is 1.02. The zero-order chi connectivity index (χ0) is 6.57. The van der Waals surface area contributed by atoms with Crippen molar-refractivity contribution in [3.8, 4) is 0 Å². The van der Waals surface area contributed by atoms with Crippen molar-refractivity contribution < 1.29 is 0 Å². The molecular weight excluding hydrogens is 96.1 g/mol. The molecule has 0 aliphatic heterocycles. The van der Waals surface area contributed by atoms with E-state index in [4.69, 9.17) is 0 Å². The van der Waals surface area contributed by atoms with Crippen molar-refractivity contribution in [2.24, 2.45) is 0 Å². The second-order valence-corrected chi connectivity index (χ2v) is 1.73. The fourth-order valence-corrected chi connectivity index (χ4v) is 0.538. The van der Waals surface area contributed by atoms with Crippen LogP contribution in [0.5, 0.6) is 0 Å². The Labute approximate surface area is 51.2 Å². The van der Waals surface area contributed by atoms with E-state index in [-0.39, 0.29) is 0 Å². The van der Waals surface area contributed by atoms with Crippen molar-refractivity contribution in [1.29, 1.82) is 0 Å². The molecule has 0 unspecified atom stereocenters. The van der Waals surface area contributed by atoms with Crippen LogP contribution in [0.1, 0.15) is 13.8 Å². The largest absolute Gasteiger partial charge is 0.0985 e. The first kappa shape index (κ1) is 7.22. The molecule has 0 nitrogen and oxygen atoms in total. The lowest BCUT2D eigenvalue weighted by Gasteiger charge is -1.94. The third kappa shape index (κ3) is 1.78. The molecule has 0 rings (SSSR count). The van der Waals surface area contributed by atoms with E-state index in [9.17, 15) is 0 Å². The third-order valence-electron chi connectivity index (χ3n) is 1.02. The summed E-state index contributed by atoms with van der Waals surface area (Å²) >= 11 is 0. The molecule has 0 fully saturated rings. The molecule has 44 valence electrons. The average molecular weight is 108 g/mol. The maximum atomic E-state index is 3.76. The standard InChI is InChI=1S/C8H12/c1-5-8(6-2)7(3)4/h5-6H,1,3H2,2,4H3/b8-6-. The van der Waals surface area contributed by atoms with Crippen molar-refractivity contribution >= 4 is 0 Å². The van der Waals surface area contributed by atoms with Gasteiger partial charge in [0.05, 0.1) is 0 Å². The van der Waals surface area contributed by atoms with Gasteiger partial charge in [0.15, 0.2) is 0 Å². The van der Waals surface area contributed by atoms with Gasteiger partial charge in [-0.25, -0.2) is 0 Å². The molecule has 8 heavy (non-hydrogen) atoms.